The number of rotatable bonds is 4. The second kappa shape index (κ2) is 6.99. The molecule has 0 fully saturated rings. The van der Waals surface area contributed by atoms with E-state index in [1.807, 2.05) is 0 Å². The lowest BCUT2D eigenvalue weighted by Crippen LogP contribution is -2.52. The van der Waals surface area contributed by atoms with Gasteiger partial charge in [0.15, 0.2) is 0 Å². The summed E-state index contributed by atoms with van der Waals surface area (Å²) in [6.07, 6.45) is -0.840. The van der Waals surface area contributed by atoms with E-state index in [4.69, 9.17) is 0 Å². The molecule has 0 saturated carbocycles. The quantitative estimate of drug-likeness (QED) is 0.631. The molecule has 7 nitrogen and oxygen atoms in total. The maximum absolute atomic E-state index is 13.1. The fraction of sp³-hybridized carbons (Fsp3) is 0.0500. The Morgan fingerprint density at radius 3 is 2.39 bits per heavy atom. The van der Waals surface area contributed by atoms with Gasteiger partial charge in [-0.15, -0.1) is 4.83 Å². The number of phenolic OH excluding ortho intramolecular Hbond substituents is 1. The fourth-order valence-corrected chi connectivity index (χ4v) is 4.13. The Kier molecular flexibility index (Phi) is 4.50. The van der Waals surface area contributed by atoms with Crippen LogP contribution in [-0.2, 0) is 10.0 Å². The van der Waals surface area contributed by atoms with Crippen molar-refractivity contribution in [3.8, 4) is 5.75 Å². The summed E-state index contributed by atoms with van der Waals surface area (Å²) in [5, 5.41) is 14.0. The molecule has 1 aliphatic heterocycles. The third kappa shape index (κ3) is 3.30. The lowest BCUT2D eigenvalue weighted by molar-refractivity contribution is 0.0632. The van der Waals surface area contributed by atoms with Gasteiger partial charge in [-0.25, -0.2) is 13.4 Å². The number of hydrogen-bond donors (Lipinski definition) is 3. The van der Waals surface area contributed by atoms with E-state index in [1.54, 1.807) is 54.6 Å². The molecule has 4 rings (SSSR count). The molecule has 0 radical (unpaired) electrons. The van der Waals surface area contributed by atoms with Crippen LogP contribution in [0.2, 0.25) is 0 Å². The highest BCUT2D eigenvalue weighted by Crippen LogP contribution is 2.33. The van der Waals surface area contributed by atoms with Gasteiger partial charge >= 0.3 is 0 Å². The highest BCUT2D eigenvalue weighted by molar-refractivity contribution is 7.89. The maximum Gasteiger partial charge on any atom is 0.273 e. The summed E-state index contributed by atoms with van der Waals surface area (Å²) >= 11 is 0. The summed E-state index contributed by atoms with van der Waals surface area (Å²) in [7, 11) is -3.99. The number of anilines is 1. The van der Waals surface area contributed by atoms with Crippen LogP contribution in [0, 0.1) is 0 Å². The molecule has 0 aromatic heterocycles. The van der Waals surface area contributed by atoms with Crippen LogP contribution in [0.4, 0.5) is 5.69 Å². The van der Waals surface area contributed by atoms with E-state index in [0.717, 1.165) is 5.01 Å². The molecular weight excluding hydrogens is 378 g/mol. The molecule has 3 N–H and O–H groups in total. The number of hydrogen-bond acceptors (Lipinski definition) is 5. The van der Waals surface area contributed by atoms with Gasteiger partial charge in [-0.3, -0.25) is 4.79 Å². The maximum atomic E-state index is 13.1. The average molecular weight is 395 g/mol. The van der Waals surface area contributed by atoms with Gasteiger partial charge in [-0.1, -0.05) is 42.5 Å². The van der Waals surface area contributed by atoms with Crippen molar-refractivity contribution < 1.29 is 18.3 Å². The predicted octanol–water partition coefficient (Wildman–Crippen LogP) is 2.85. The predicted molar refractivity (Wildman–Crippen MR) is 104 cm³/mol. The molecular formula is C20H17N3O4S. The highest BCUT2D eigenvalue weighted by atomic mass is 32.2. The molecule has 3 aromatic rings. The van der Waals surface area contributed by atoms with Crippen LogP contribution >= 0.6 is 0 Å². The van der Waals surface area contributed by atoms with E-state index in [1.165, 1.54) is 24.3 Å². The number of nitrogens with zero attached hydrogens (tertiary/aromatic N) is 1. The average Bonchev–Trinajstić information content (AvgIpc) is 2.70. The zero-order valence-electron chi connectivity index (χ0n) is 14.6. The fourth-order valence-electron chi connectivity index (χ4n) is 3.06. The molecule has 142 valence electrons. The Labute approximate surface area is 162 Å². The second-order valence-electron chi connectivity index (χ2n) is 6.27. The first kappa shape index (κ1) is 18.0. The van der Waals surface area contributed by atoms with Crippen molar-refractivity contribution in [1.29, 1.82) is 0 Å². The molecule has 0 spiro atoms. The minimum absolute atomic E-state index is 0.0106. The normalized spacial score (nSPS) is 16.4. The summed E-state index contributed by atoms with van der Waals surface area (Å²) in [4.78, 5) is 15.5. The van der Waals surface area contributed by atoms with Gasteiger partial charge in [0, 0.05) is 5.69 Å². The van der Waals surface area contributed by atoms with Gasteiger partial charge in [-0.2, -0.15) is 0 Å². The van der Waals surface area contributed by atoms with Crippen LogP contribution < -0.4 is 10.1 Å². The first-order valence-corrected chi connectivity index (χ1v) is 9.99. The van der Waals surface area contributed by atoms with Crippen molar-refractivity contribution in [2.75, 3.05) is 5.32 Å². The molecule has 28 heavy (non-hydrogen) atoms. The smallest absolute Gasteiger partial charge is 0.273 e. The van der Waals surface area contributed by atoms with Gasteiger partial charge in [0.25, 0.3) is 15.9 Å². The Hall–Kier alpha value is -3.36. The zero-order valence-corrected chi connectivity index (χ0v) is 15.4. The molecule has 1 aliphatic rings. The number of para-hydroxylation sites is 1. The number of carbonyl (C=O) groups is 1. The molecule has 0 unspecified atom stereocenters. The lowest BCUT2D eigenvalue weighted by Gasteiger charge is -2.37. The van der Waals surface area contributed by atoms with Crippen molar-refractivity contribution in [3.63, 3.8) is 0 Å². The number of fused-ring (bicyclic) bond motifs is 1. The molecule has 1 heterocycles. The van der Waals surface area contributed by atoms with Crippen LogP contribution in [0.1, 0.15) is 22.1 Å². The minimum atomic E-state index is -3.99. The molecule has 8 heteroatoms. The largest absolute Gasteiger partial charge is 0.508 e. The summed E-state index contributed by atoms with van der Waals surface area (Å²) in [5.41, 5.74) is 1.45. The topological polar surface area (TPSA) is 98.7 Å². The van der Waals surface area contributed by atoms with E-state index in [2.05, 4.69) is 10.1 Å². The zero-order chi connectivity index (χ0) is 19.7. The number of phenols is 1. The van der Waals surface area contributed by atoms with Crippen LogP contribution in [0.25, 0.3) is 0 Å². The summed E-state index contributed by atoms with van der Waals surface area (Å²) in [6.45, 7) is 0. The Morgan fingerprint density at radius 2 is 1.64 bits per heavy atom. The van der Waals surface area contributed by atoms with Gasteiger partial charge < -0.3 is 10.4 Å². The second-order valence-corrected chi connectivity index (χ2v) is 7.93. The van der Waals surface area contributed by atoms with Gasteiger partial charge in [0.1, 0.15) is 11.9 Å². The lowest BCUT2D eigenvalue weighted by atomic mass is 10.0. The van der Waals surface area contributed by atoms with E-state index >= 15 is 0 Å². The summed E-state index contributed by atoms with van der Waals surface area (Å²) in [6, 6.07) is 21.0. The van der Waals surface area contributed by atoms with Crippen molar-refractivity contribution in [2.24, 2.45) is 0 Å². The third-order valence-electron chi connectivity index (χ3n) is 4.38. The van der Waals surface area contributed by atoms with Crippen molar-refractivity contribution in [1.82, 2.24) is 9.84 Å². The number of nitrogens with one attached hydrogen (secondary N) is 2. The molecule has 3 aromatic carbocycles. The molecule has 1 amide bonds. The third-order valence-corrected chi connectivity index (χ3v) is 5.71. The van der Waals surface area contributed by atoms with Gasteiger partial charge in [-0.05, 0) is 42.0 Å². The Morgan fingerprint density at radius 1 is 0.929 bits per heavy atom. The molecule has 0 aliphatic carbocycles. The monoisotopic (exact) mass is 395 g/mol. The molecule has 0 bridgehead atoms. The van der Waals surface area contributed by atoms with Crippen molar-refractivity contribution in [3.05, 3.63) is 90.0 Å². The van der Waals surface area contributed by atoms with E-state index < -0.39 is 22.1 Å². The van der Waals surface area contributed by atoms with Gasteiger partial charge in [0.05, 0.1) is 10.5 Å². The van der Waals surface area contributed by atoms with Crippen molar-refractivity contribution in [2.45, 2.75) is 11.1 Å². The highest BCUT2D eigenvalue weighted by Gasteiger charge is 2.36. The van der Waals surface area contributed by atoms with Gasteiger partial charge in [0.2, 0.25) is 0 Å². The van der Waals surface area contributed by atoms with Crippen LogP contribution in [0.5, 0.6) is 5.75 Å². The van der Waals surface area contributed by atoms with Crippen molar-refractivity contribution >= 4 is 21.6 Å². The molecule has 1 atom stereocenters. The number of sulfonamides is 1. The Bertz CT molecular complexity index is 1130. The number of hydrazine groups is 1. The van der Waals surface area contributed by atoms with Crippen LogP contribution in [0.15, 0.2) is 83.8 Å². The van der Waals surface area contributed by atoms with Crippen LogP contribution in [-0.4, -0.2) is 24.4 Å². The number of amides is 1. The van der Waals surface area contributed by atoms with E-state index in [0.29, 0.717) is 16.8 Å². The standard InChI is InChI=1S/C20H17N3O4S/c24-15-8-6-7-14(13-15)19-21-18-12-5-4-11-17(18)20(25)23(19)22-28(26,27)16-9-2-1-3-10-16/h1-13,19,21-22,24H/t19-/m0/s1. The first-order chi connectivity index (χ1) is 13.5. The number of benzene rings is 3. The van der Waals surface area contributed by atoms with Crippen LogP contribution in [0.3, 0.4) is 0 Å². The summed E-state index contributed by atoms with van der Waals surface area (Å²) < 4.78 is 25.6. The van der Waals surface area contributed by atoms with E-state index in [9.17, 15) is 18.3 Å². The summed E-state index contributed by atoms with van der Waals surface area (Å²) in [5.74, 6) is -0.487. The van der Waals surface area contributed by atoms with E-state index in [-0.39, 0.29) is 10.6 Å². The Balaban J connectivity index is 1.78. The SMILES string of the molecule is O=C1c2ccccc2N[C@H](c2cccc(O)c2)N1NS(=O)(=O)c1ccccc1. The minimum Gasteiger partial charge on any atom is -0.508 e. The number of carbonyl (C=O) groups excluding carboxylic acids is 1. The molecule has 0 saturated heterocycles. The first-order valence-electron chi connectivity index (χ1n) is 8.51. The number of aromatic hydroxyl groups is 1.